The summed E-state index contributed by atoms with van der Waals surface area (Å²) in [6.07, 6.45) is 1.50. The zero-order valence-corrected chi connectivity index (χ0v) is 11.3. The summed E-state index contributed by atoms with van der Waals surface area (Å²) in [5, 5.41) is 4.08. The molecule has 3 aromatic rings. The van der Waals surface area contributed by atoms with Crippen molar-refractivity contribution in [1.29, 1.82) is 0 Å². The van der Waals surface area contributed by atoms with E-state index in [2.05, 4.69) is 15.3 Å². The quantitative estimate of drug-likeness (QED) is 0.758. The predicted molar refractivity (Wildman–Crippen MR) is 78.7 cm³/mol. The zero-order valence-electron chi connectivity index (χ0n) is 11.3. The van der Waals surface area contributed by atoms with Gasteiger partial charge in [-0.3, -0.25) is 0 Å². The van der Waals surface area contributed by atoms with Gasteiger partial charge in [0, 0.05) is 11.1 Å². The molecule has 1 heterocycles. The van der Waals surface area contributed by atoms with Crippen LogP contribution in [0.4, 0.5) is 15.9 Å². The second-order valence-electron chi connectivity index (χ2n) is 4.83. The van der Waals surface area contributed by atoms with E-state index in [1.807, 2.05) is 31.2 Å². The Balaban J connectivity index is 2.05. The zero-order chi connectivity index (χ0) is 14.1. The Kier molecular flexibility index (Phi) is 3.06. The van der Waals surface area contributed by atoms with Crippen LogP contribution in [0.2, 0.25) is 0 Å². The lowest BCUT2D eigenvalue weighted by Gasteiger charge is -2.09. The van der Waals surface area contributed by atoms with Crippen molar-refractivity contribution in [2.24, 2.45) is 0 Å². The largest absolute Gasteiger partial charge is 0.340 e. The molecular weight excluding hydrogens is 253 g/mol. The van der Waals surface area contributed by atoms with Crippen LogP contribution in [0, 0.1) is 19.7 Å². The van der Waals surface area contributed by atoms with Gasteiger partial charge in [0.1, 0.15) is 18.0 Å². The molecule has 0 aliphatic carbocycles. The van der Waals surface area contributed by atoms with Gasteiger partial charge in [0.25, 0.3) is 0 Å². The number of benzene rings is 2. The van der Waals surface area contributed by atoms with Crippen molar-refractivity contribution >= 4 is 22.4 Å². The van der Waals surface area contributed by atoms with Crippen molar-refractivity contribution in [3.05, 3.63) is 59.7 Å². The number of nitrogens with zero attached hydrogens (tertiary/aromatic N) is 2. The molecule has 0 aliphatic heterocycles. The van der Waals surface area contributed by atoms with Crippen LogP contribution in [-0.4, -0.2) is 9.97 Å². The Labute approximate surface area is 116 Å². The molecule has 0 radical (unpaired) electrons. The standard InChI is InChI=1S/C16H14FN3/c1-10-3-6-15-13(7-10)16(19-9-18-15)20-12-5-4-11(2)14(17)8-12/h3-9H,1-2H3,(H,18,19,20). The van der Waals surface area contributed by atoms with Gasteiger partial charge in [0.05, 0.1) is 5.52 Å². The number of hydrogen-bond donors (Lipinski definition) is 1. The minimum Gasteiger partial charge on any atom is -0.340 e. The highest BCUT2D eigenvalue weighted by molar-refractivity contribution is 5.91. The number of halogens is 1. The van der Waals surface area contributed by atoms with Crippen LogP contribution in [-0.2, 0) is 0 Å². The SMILES string of the molecule is Cc1ccc2ncnc(Nc3ccc(C)c(F)c3)c2c1. The van der Waals surface area contributed by atoms with E-state index < -0.39 is 0 Å². The van der Waals surface area contributed by atoms with Gasteiger partial charge in [-0.2, -0.15) is 0 Å². The molecule has 0 amide bonds. The van der Waals surface area contributed by atoms with Gasteiger partial charge < -0.3 is 5.32 Å². The molecule has 3 rings (SSSR count). The first-order chi connectivity index (χ1) is 9.63. The van der Waals surface area contributed by atoms with Crippen LogP contribution in [0.5, 0.6) is 0 Å². The van der Waals surface area contributed by atoms with Crippen LogP contribution in [0.3, 0.4) is 0 Å². The Morgan fingerprint density at radius 1 is 1.00 bits per heavy atom. The van der Waals surface area contributed by atoms with E-state index in [9.17, 15) is 4.39 Å². The molecule has 1 aromatic heterocycles. The summed E-state index contributed by atoms with van der Waals surface area (Å²) in [6.45, 7) is 3.75. The van der Waals surface area contributed by atoms with Gasteiger partial charge in [-0.1, -0.05) is 17.7 Å². The second kappa shape index (κ2) is 4.89. The lowest BCUT2D eigenvalue weighted by Crippen LogP contribution is -1.97. The van der Waals surface area contributed by atoms with E-state index in [1.54, 1.807) is 13.0 Å². The van der Waals surface area contributed by atoms with E-state index in [-0.39, 0.29) is 5.82 Å². The minimum absolute atomic E-state index is 0.232. The smallest absolute Gasteiger partial charge is 0.141 e. The fourth-order valence-corrected chi connectivity index (χ4v) is 2.08. The molecular formula is C16H14FN3. The number of nitrogens with one attached hydrogen (secondary N) is 1. The van der Waals surface area contributed by atoms with Crippen molar-refractivity contribution in [2.75, 3.05) is 5.32 Å². The Hall–Kier alpha value is -2.49. The number of fused-ring (bicyclic) bond motifs is 1. The highest BCUT2D eigenvalue weighted by Crippen LogP contribution is 2.24. The normalized spacial score (nSPS) is 10.8. The molecule has 0 atom stereocenters. The van der Waals surface area contributed by atoms with Crippen LogP contribution in [0.25, 0.3) is 10.9 Å². The van der Waals surface area contributed by atoms with Gasteiger partial charge in [0.15, 0.2) is 0 Å². The lowest BCUT2D eigenvalue weighted by atomic mass is 10.1. The molecule has 100 valence electrons. The van der Waals surface area contributed by atoms with E-state index in [0.29, 0.717) is 17.1 Å². The number of aryl methyl sites for hydroxylation is 2. The molecule has 3 nitrogen and oxygen atoms in total. The third kappa shape index (κ3) is 2.32. The molecule has 0 fully saturated rings. The van der Waals surface area contributed by atoms with Gasteiger partial charge in [-0.15, -0.1) is 0 Å². The van der Waals surface area contributed by atoms with Crippen molar-refractivity contribution in [3.8, 4) is 0 Å². The summed E-state index contributed by atoms with van der Waals surface area (Å²) in [5.74, 6) is 0.450. The fraction of sp³-hybridized carbons (Fsp3) is 0.125. The van der Waals surface area contributed by atoms with Gasteiger partial charge in [-0.05, 0) is 43.7 Å². The first-order valence-electron chi connectivity index (χ1n) is 6.38. The van der Waals surface area contributed by atoms with Crippen LogP contribution in [0.1, 0.15) is 11.1 Å². The molecule has 1 N–H and O–H groups in total. The van der Waals surface area contributed by atoms with E-state index in [0.717, 1.165) is 16.5 Å². The number of anilines is 2. The van der Waals surface area contributed by atoms with Crippen molar-refractivity contribution in [2.45, 2.75) is 13.8 Å². The molecule has 2 aromatic carbocycles. The molecule has 4 heteroatoms. The Morgan fingerprint density at radius 3 is 2.65 bits per heavy atom. The fourth-order valence-electron chi connectivity index (χ4n) is 2.08. The van der Waals surface area contributed by atoms with Gasteiger partial charge in [0.2, 0.25) is 0 Å². The molecule has 0 unspecified atom stereocenters. The van der Waals surface area contributed by atoms with E-state index in [4.69, 9.17) is 0 Å². The molecule has 0 spiro atoms. The average Bonchev–Trinajstić information content (AvgIpc) is 2.44. The van der Waals surface area contributed by atoms with Crippen LogP contribution >= 0.6 is 0 Å². The topological polar surface area (TPSA) is 37.8 Å². The van der Waals surface area contributed by atoms with Crippen molar-refractivity contribution in [3.63, 3.8) is 0 Å². The van der Waals surface area contributed by atoms with Gasteiger partial charge >= 0.3 is 0 Å². The van der Waals surface area contributed by atoms with Crippen molar-refractivity contribution < 1.29 is 4.39 Å². The first kappa shape index (κ1) is 12.5. The third-order valence-electron chi connectivity index (χ3n) is 3.23. The minimum atomic E-state index is -0.232. The average molecular weight is 267 g/mol. The van der Waals surface area contributed by atoms with Crippen molar-refractivity contribution in [1.82, 2.24) is 9.97 Å². The highest BCUT2D eigenvalue weighted by Gasteiger charge is 2.05. The lowest BCUT2D eigenvalue weighted by molar-refractivity contribution is 0.619. The Morgan fingerprint density at radius 2 is 1.85 bits per heavy atom. The number of hydrogen-bond acceptors (Lipinski definition) is 3. The van der Waals surface area contributed by atoms with Crippen LogP contribution in [0.15, 0.2) is 42.7 Å². The molecule has 0 bridgehead atoms. The maximum Gasteiger partial charge on any atom is 0.141 e. The first-order valence-corrected chi connectivity index (χ1v) is 6.38. The second-order valence-corrected chi connectivity index (χ2v) is 4.83. The number of aromatic nitrogens is 2. The summed E-state index contributed by atoms with van der Waals surface area (Å²) in [5.41, 5.74) is 3.29. The highest BCUT2D eigenvalue weighted by atomic mass is 19.1. The predicted octanol–water partition coefficient (Wildman–Crippen LogP) is 4.13. The molecule has 0 aliphatic rings. The molecule has 20 heavy (non-hydrogen) atoms. The summed E-state index contributed by atoms with van der Waals surface area (Å²) in [7, 11) is 0. The monoisotopic (exact) mass is 267 g/mol. The van der Waals surface area contributed by atoms with Crippen LogP contribution < -0.4 is 5.32 Å². The summed E-state index contributed by atoms with van der Waals surface area (Å²) >= 11 is 0. The molecule has 0 saturated carbocycles. The Bertz CT molecular complexity index is 784. The van der Waals surface area contributed by atoms with E-state index in [1.165, 1.54) is 12.4 Å². The summed E-state index contributed by atoms with van der Waals surface area (Å²) in [4.78, 5) is 8.48. The third-order valence-corrected chi connectivity index (χ3v) is 3.23. The molecule has 0 saturated heterocycles. The maximum atomic E-state index is 13.6. The summed E-state index contributed by atoms with van der Waals surface area (Å²) in [6, 6.07) is 11.0. The maximum absolute atomic E-state index is 13.6. The summed E-state index contributed by atoms with van der Waals surface area (Å²) < 4.78 is 13.6. The number of rotatable bonds is 2. The van der Waals surface area contributed by atoms with E-state index >= 15 is 0 Å². The van der Waals surface area contributed by atoms with Gasteiger partial charge in [-0.25, -0.2) is 14.4 Å².